The third kappa shape index (κ3) is 15.8. The Bertz CT molecular complexity index is 1720. The van der Waals surface area contributed by atoms with Crippen LogP contribution in [0.15, 0.2) is 122 Å². The first-order valence-corrected chi connectivity index (χ1v) is 14.9. The zero-order chi connectivity index (χ0) is 34.6. The first-order chi connectivity index (χ1) is 22.0. The maximum Gasteiger partial charge on any atom is 0.0886 e. The van der Waals surface area contributed by atoms with Crippen LogP contribution < -0.4 is 0 Å². The van der Waals surface area contributed by atoms with Gasteiger partial charge in [-0.2, -0.15) is 0 Å². The quantitative estimate of drug-likeness (QED) is 0.101. The molecule has 0 atom stereocenters. The van der Waals surface area contributed by atoms with E-state index < -0.39 is 31.1 Å². The van der Waals surface area contributed by atoms with Crippen molar-refractivity contribution in [1.29, 1.82) is 0 Å². The molecule has 0 amide bonds. The van der Waals surface area contributed by atoms with Gasteiger partial charge < -0.3 is 9.97 Å². The Labute approximate surface area is 281 Å². The Hall–Kier alpha value is -4.58. The van der Waals surface area contributed by atoms with Gasteiger partial charge in [0, 0.05) is 68.2 Å². The van der Waals surface area contributed by atoms with Crippen molar-refractivity contribution in [2.45, 2.75) is 0 Å². The van der Waals surface area contributed by atoms with Crippen LogP contribution in [0.1, 0.15) is 0 Å². The van der Waals surface area contributed by atoms with Gasteiger partial charge in [-0.05, 0) is 47.8 Å². The van der Waals surface area contributed by atoms with E-state index in [-0.39, 0.29) is 31.2 Å². The third-order valence-corrected chi connectivity index (χ3v) is 5.15. The van der Waals surface area contributed by atoms with Crippen LogP contribution in [0, 0.1) is 35.4 Å². The molecule has 0 aliphatic rings. The summed E-state index contributed by atoms with van der Waals surface area (Å²) in [6.07, 6.45) is 6.63. The zero-order valence-corrected chi connectivity index (χ0v) is 27.2. The summed E-state index contributed by atoms with van der Waals surface area (Å²) in [5.74, 6) is -2.57. The van der Waals surface area contributed by atoms with Crippen LogP contribution in [0.25, 0.3) is 33.9 Å². The summed E-state index contributed by atoms with van der Waals surface area (Å²) in [4.78, 5) is 16.3. The summed E-state index contributed by atoms with van der Waals surface area (Å²) < 4.78 is 111. The molecule has 0 saturated heterocycles. The molecule has 255 valence electrons. The smallest absolute Gasteiger partial charge is 0.0886 e. The summed E-state index contributed by atoms with van der Waals surface area (Å²) in [7, 11) is -10.7. The number of nitrogens with zero attached hydrogens (tertiary/aromatic N) is 4. The summed E-state index contributed by atoms with van der Waals surface area (Å²) >= 11 is 0. The topological polar surface area (TPSA) is 51.6 Å². The van der Waals surface area contributed by atoms with E-state index in [9.17, 15) is 42.7 Å². The Morgan fingerprint density at radius 2 is 0.708 bits per heavy atom. The fraction of sp³-hybridized carbons (Fsp3) is 0. The molecule has 0 aliphatic carbocycles. The maximum absolute atomic E-state index is 13.2. The second kappa shape index (κ2) is 16.5. The average Bonchev–Trinajstić information content (AvgIpc) is 3.02. The fourth-order valence-corrected chi connectivity index (χ4v) is 3.33. The number of hydrogen-bond donors (Lipinski definition) is 0. The molecular weight excluding hydrogens is 854 g/mol. The molecule has 0 saturated carbocycles. The van der Waals surface area contributed by atoms with Gasteiger partial charge in [-0.15, -0.1) is 24.3 Å². The summed E-state index contributed by atoms with van der Waals surface area (Å²) in [6.45, 7) is 0. The predicted molar refractivity (Wildman–Crippen MR) is 158 cm³/mol. The van der Waals surface area contributed by atoms with Crippen molar-refractivity contribution in [2.75, 3.05) is 0 Å². The Kier molecular flexibility index (Phi) is 13.6. The van der Waals surface area contributed by atoms with Crippen molar-refractivity contribution >= 4 is 7.81 Å². The Morgan fingerprint density at radius 3 is 0.938 bits per heavy atom. The summed E-state index contributed by atoms with van der Waals surface area (Å²) in [5.41, 5.74) is 3.10. The van der Waals surface area contributed by atoms with E-state index in [0.29, 0.717) is 11.4 Å². The molecule has 4 aromatic heterocycles. The third-order valence-electron chi connectivity index (χ3n) is 5.15. The molecule has 6 rings (SSSR count). The van der Waals surface area contributed by atoms with Crippen molar-refractivity contribution in [3.05, 3.63) is 157 Å². The SMILES string of the molecule is F[P-](F)(F)(F)(F)F.Fc1c[c-]c(-c2ccccn2)c(F)c1.Fc1c[c-]c(-c2ccccn2)c(F)c1.[Ir].c1ccc(-c2ccccn2)nc1. The second-order valence-corrected chi connectivity index (χ2v) is 10.8. The van der Waals surface area contributed by atoms with Crippen LogP contribution >= 0.6 is 7.81 Å². The van der Waals surface area contributed by atoms with Crippen LogP contribution in [0.3, 0.4) is 0 Å². The molecule has 0 bridgehead atoms. The van der Waals surface area contributed by atoms with Crippen molar-refractivity contribution in [1.82, 2.24) is 19.9 Å². The summed E-state index contributed by atoms with van der Waals surface area (Å²) in [5, 5.41) is 0. The molecular formula is C32H20F10IrN4P-3. The fourth-order valence-electron chi connectivity index (χ4n) is 3.33. The minimum Gasteiger partial charge on any atom is -0.305 e. The molecule has 1 radical (unpaired) electrons. The molecule has 0 N–H and O–H groups in total. The van der Waals surface area contributed by atoms with Gasteiger partial charge in [-0.25, -0.2) is 0 Å². The Morgan fingerprint density at radius 1 is 0.438 bits per heavy atom. The normalized spacial score (nSPS) is 11.7. The van der Waals surface area contributed by atoms with E-state index in [2.05, 4.69) is 32.1 Å². The maximum atomic E-state index is 13.2. The molecule has 4 nitrogen and oxygen atoms in total. The molecule has 6 aromatic rings. The Balaban J connectivity index is 0.000000227. The number of aromatic nitrogens is 4. The second-order valence-electron chi connectivity index (χ2n) is 8.90. The van der Waals surface area contributed by atoms with Crippen LogP contribution in [0.5, 0.6) is 0 Å². The largest absolute Gasteiger partial charge is 0.305 e. The molecule has 0 fully saturated rings. The van der Waals surface area contributed by atoms with Gasteiger partial charge in [0.1, 0.15) is 0 Å². The molecule has 0 spiro atoms. The number of benzene rings is 2. The molecule has 16 heteroatoms. The molecule has 0 aliphatic heterocycles. The van der Waals surface area contributed by atoms with Crippen LogP contribution in [0.4, 0.5) is 42.7 Å². The predicted octanol–water partition coefficient (Wildman–Crippen LogP) is 11.2. The van der Waals surface area contributed by atoms with Gasteiger partial charge >= 0.3 is 33.0 Å². The van der Waals surface area contributed by atoms with E-state index in [0.717, 1.165) is 35.7 Å². The zero-order valence-electron chi connectivity index (χ0n) is 23.9. The van der Waals surface area contributed by atoms with Crippen LogP contribution in [-0.2, 0) is 20.1 Å². The molecule has 2 aromatic carbocycles. The van der Waals surface area contributed by atoms with E-state index in [1.165, 1.54) is 0 Å². The summed E-state index contributed by atoms with van der Waals surface area (Å²) in [6, 6.07) is 30.6. The van der Waals surface area contributed by atoms with Gasteiger partial charge in [0.2, 0.25) is 0 Å². The first-order valence-electron chi connectivity index (χ1n) is 12.9. The van der Waals surface area contributed by atoms with E-state index in [1.54, 1.807) is 61.2 Å². The van der Waals surface area contributed by atoms with Crippen LogP contribution in [-0.4, -0.2) is 19.9 Å². The van der Waals surface area contributed by atoms with Gasteiger partial charge in [-0.3, -0.25) is 27.5 Å². The standard InChI is InChI=1S/2C11H6F2N.C10H8N2.F6P.Ir/c2*12-8-4-5-9(10(13)7-8)11-3-1-2-6-14-11;1-3-7-11-9(5-1)10-6-2-4-8-12-10;1-7(2,3,4,5)6;/h2*1-4,6-7H;1-8H;;/q2*-1;;-1;. The van der Waals surface area contributed by atoms with Crippen molar-refractivity contribution in [2.24, 2.45) is 0 Å². The number of hydrogen-bond acceptors (Lipinski definition) is 4. The van der Waals surface area contributed by atoms with E-state index in [4.69, 9.17) is 0 Å². The van der Waals surface area contributed by atoms with Gasteiger partial charge in [-0.1, -0.05) is 59.7 Å². The van der Waals surface area contributed by atoms with Crippen molar-refractivity contribution in [3.63, 3.8) is 0 Å². The van der Waals surface area contributed by atoms with Gasteiger partial charge in [0.05, 0.1) is 11.4 Å². The minimum absolute atomic E-state index is 0. The number of rotatable bonds is 3. The molecule has 0 unspecified atom stereocenters. The van der Waals surface area contributed by atoms with E-state index in [1.807, 2.05) is 36.4 Å². The van der Waals surface area contributed by atoms with Crippen molar-refractivity contribution < 1.29 is 62.8 Å². The number of pyridine rings is 4. The van der Waals surface area contributed by atoms with Crippen molar-refractivity contribution in [3.8, 4) is 33.9 Å². The van der Waals surface area contributed by atoms with Gasteiger partial charge in [0.25, 0.3) is 0 Å². The number of halogens is 10. The van der Waals surface area contributed by atoms with E-state index >= 15 is 0 Å². The van der Waals surface area contributed by atoms with Crippen LogP contribution in [0.2, 0.25) is 0 Å². The first kappa shape index (κ1) is 39.6. The monoisotopic (exact) mass is 874 g/mol. The molecule has 48 heavy (non-hydrogen) atoms. The molecule has 4 heterocycles. The minimum atomic E-state index is -10.7. The van der Waals surface area contributed by atoms with Gasteiger partial charge in [0.15, 0.2) is 0 Å². The average molecular weight is 874 g/mol.